The molecule has 0 atom stereocenters. The number of carbonyl (C=O) groups excluding carboxylic acids is 2. The first-order valence-corrected chi connectivity index (χ1v) is 15.2. The third-order valence-electron chi connectivity index (χ3n) is 8.41. The number of Topliss-reactive ketones (excluding diaryl/α,β-unsaturated/α-hetero) is 1. The maximum atomic E-state index is 13.8. The Bertz CT molecular complexity index is 1270. The summed E-state index contributed by atoms with van der Waals surface area (Å²) in [5, 5.41) is 10.0. The van der Waals surface area contributed by atoms with E-state index in [9.17, 15) is 23.2 Å². The summed E-state index contributed by atoms with van der Waals surface area (Å²) >= 11 is 5.94. The summed E-state index contributed by atoms with van der Waals surface area (Å²) in [6.45, 7) is 3.32. The van der Waals surface area contributed by atoms with Crippen LogP contribution in [0.4, 0.5) is 5.69 Å². The lowest BCUT2D eigenvalue weighted by molar-refractivity contribution is -0.133. The number of hydrogen-bond acceptors (Lipinski definition) is 7. The zero-order valence-corrected chi connectivity index (χ0v) is 24.1. The van der Waals surface area contributed by atoms with Crippen LogP contribution >= 0.6 is 24.0 Å². The van der Waals surface area contributed by atoms with Gasteiger partial charge in [0.25, 0.3) is 5.91 Å². The van der Waals surface area contributed by atoms with Gasteiger partial charge in [-0.05, 0) is 93.0 Å². The fraction of sp³-hybridized carbons (Fsp3) is 0.500. The minimum absolute atomic E-state index is 0. The van der Waals surface area contributed by atoms with E-state index in [4.69, 9.17) is 11.6 Å². The van der Waals surface area contributed by atoms with Gasteiger partial charge in [-0.25, -0.2) is 13.9 Å². The van der Waals surface area contributed by atoms with Gasteiger partial charge in [-0.15, -0.1) is 12.4 Å². The molecule has 1 amide bonds. The number of carbonyl (C=O) groups is 2. The zero-order chi connectivity index (χ0) is 26.9. The number of nitrogens with zero attached hydrogens (tertiary/aromatic N) is 2. The number of rotatable bonds is 8. The molecule has 0 spiro atoms. The van der Waals surface area contributed by atoms with Gasteiger partial charge >= 0.3 is 0 Å². The molecule has 0 aromatic heterocycles. The van der Waals surface area contributed by atoms with Gasteiger partial charge in [-0.2, -0.15) is 0 Å². The number of benzene rings is 2. The molecule has 2 saturated heterocycles. The van der Waals surface area contributed by atoms with Gasteiger partial charge < -0.3 is 9.80 Å². The number of ketones is 1. The van der Waals surface area contributed by atoms with Gasteiger partial charge in [0.15, 0.2) is 20.4 Å². The monoisotopic (exact) mass is 595 g/mol. The van der Waals surface area contributed by atoms with Gasteiger partial charge in [-0.3, -0.25) is 14.8 Å². The lowest BCUT2D eigenvalue weighted by Gasteiger charge is -2.39. The van der Waals surface area contributed by atoms with E-state index in [2.05, 4.69) is 9.80 Å². The van der Waals surface area contributed by atoms with Crippen LogP contribution in [0.25, 0.3) is 0 Å². The third kappa shape index (κ3) is 6.12. The van der Waals surface area contributed by atoms with Crippen LogP contribution in [0.1, 0.15) is 48.9 Å². The highest BCUT2D eigenvalue weighted by atomic mass is 35.5. The van der Waals surface area contributed by atoms with Crippen LogP contribution in [0.2, 0.25) is 5.02 Å². The van der Waals surface area contributed by atoms with E-state index in [1.54, 1.807) is 54.0 Å². The van der Waals surface area contributed by atoms with E-state index in [0.717, 1.165) is 12.2 Å². The number of hydroxylamine groups is 1. The summed E-state index contributed by atoms with van der Waals surface area (Å²) in [6.07, 6.45) is 4.12. The Morgan fingerprint density at radius 3 is 2.05 bits per heavy atom. The van der Waals surface area contributed by atoms with Crippen LogP contribution in [-0.4, -0.2) is 67.7 Å². The fourth-order valence-corrected chi connectivity index (χ4v) is 7.87. The normalized spacial score (nSPS) is 20.2. The standard InChI is InChI=1S/C28H34ClN3O5S.ClH/c29-23-5-3-21(4-6-23)26(33)22-11-15-32(16-12-22)24-7-9-25(10-8-24)38(36,37)28(27(34)30-35)13-17-31(18-14-28)19-20-1-2-20;/h3-10,20,22,35H,1-2,11-19H2,(H,30,34);1H. The first kappa shape index (κ1) is 29.8. The van der Waals surface area contributed by atoms with E-state index >= 15 is 0 Å². The predicted octanol–water partition coefficient (Wildman–Crippen LogP) is 4.38. The molecule has 3 aliphatic rings. The molecule has 1 aliphatic carbocycles. The highest BCUT2D eigenvalue weighted by Gasteiger charge is 2.53. The Balaban J connectivity index is 0.00000353. The molecule has 212 valence electrons. The Morgan fingerprint density at radius 2 is 1.51 bits per heavy atom. The summed E-state index contributed by atoms with van der Waals surface area (Å²) in [7, 11) is -4.04. The Hall–Kier alpha value is -2.17. The van der Waals surface area contributed by atoms with E-state index in [-0.39, 0.29) is 41.8 Å². The maximum absolute atomic E-state index is 13.8. The van der Waals surface area contributed by atoms with Crippen molar-refractivity contribution in [3.63, 3.8) is 0 Å². The van der Waals surface area contributed by atoms with Crippen molar-refractivity contribution in [1.82, 2.24) is 10.4 Å². The number of sulfone groups is 1. The molecule has 2 aromatic carbocycles. The Morgan fingerprint density at radius 1 is 0.923 bits per heavy atom. The van der Waals surface area contributed by atoms with E-state index < -0.39 is 20.5 Å². The molecule has 11 heteroatoms. The molecule has 2 aliphatic heterocycles. The van der Waals surface area contributed by atoms with Gasteiger partial charge in [0, 0.05) is 54.9 Å². The minimum Gasteiger partial charge on any atom is -0.371 e. The molecule has 1 saturated carbocycles. The molecule has 8 nitrogen and oxygen atoms in total. The molecule has 3 fully saturated rings. The van der Waals surface area contributed by atoms with Crippen molar-refractivity contribution in [1.29, 1.82) is 0 Å². The summed E-state index contributed by atoms with van der Waals surface area (Å²) in [6, 6.07) is 13.6. The van der Waals surface area contributed by atoms with E-state index in [1.165, 1.54) is 12.8 Å². The second-order valence-corrected chi connectivity index (χ2v) is 13.5. The summed E-state index contributed by atoms with van der Waals surface area (Å²) in [5.74, 6) is -0.118. The molecule has 39 heavy (non-hydrogen) atoms. The molecule has 2 heterocycles. The maximum Gasteiger partial charge on any atom is 0.265 e. The Kier molecular flexibility index (Phi) is 9.28. The van der Waals surface area contributed by atoms with Crippen LogP contribution in [-0.2, 0) is 14.6 Å². The SMILES string of the molecule is Cl.O=C(c1ccc(Cl)cc1)C1CCN(c2ccc(S(=O)(=O)C3(C(=O)NO)CCN(CC4CC4)CC3)cc2)CC1. The third-order valence-corrected chi connectivity index (χ3v) is 11.2. The zero-order valence-electron chi connectivity index (χ0n) is 21.7. The van der Waals surface area contributed by atoms with Crippen molar-refractivity contribution in [2.24, 2.45) is 11.8 Å². The van der Waals surface area contributed by atoms with E-state index in [1.807, 2.05) is 0 Å². The molecule has 0 bridgehead atoms. The van der Waals surface area contributed by atoms with Crippen molar-refractivity contribution in [2.45, 2.75) is 48.2 Å². The minimum atomic E-state index is -4.04. The molecule has 0 radical (unpaired) electrons. The van der Waals surface area contributed by atoms with Crippen LogP contribution < -0.4 is 10.4 Å². The number of hydrogen-bond donors (Lipinski definition) is 2. The molecule has 2 N–H and O–H groups in total. The number of piperidine rings is 2. The average molecular weight is 597 g/mol. The number of amides is 1. The van der Waals surface area contributed by atoms with Crippen molar-refractivity contribution in [2.75, 3.05) is 37.6 Å². The quantitative estimate of drug-likeness (QED) is 0.265. The van der Waals surface area contributed by atoms with Crippen molar-refractivity contribution in [3.05, 3.63) is 59.1 Å². The highest BCUT2D eigenvalue weighted by Crippen LogP contribution is 2.38. The van der Waals surface area contributed by atoms with Gasteiger partial charge in [0.05, 0.1) is 4.90 Å². The Labute approximate surface area is 241 Å². The average Bonchev–Trinajstić information content (AvgIpc) is 3.77. The number of anilines is 1. The summed E-state index contributed by atoms with van der Waals surface area (Å²) < 4.78 is 25.8. The topological polar surface area (TPSA) is 107 Å². The smallest absolute Gasteiger partial charge is 0.265 e. The first-order chi connectivity index (χ1) is 18.2. The van der Waals surface area contributed by atoms with Crippen molar-refractivity contribution >= 4 is 51.2 Å². The highest BCUT2D eigenvalue weighted by molar-refractivity contribution is 7.93. The van der Waals surface area contributed by atoms with Gasteiger partial charge in [0.1, 0.15) is 0 Å². The summed E-state index contributed by atoms with van der Waals surface area (Å²) in [5.41, 5.74) is 3.18. The van der Waals surface area contributed by atoms with E-state index in [0.29, 0.717) is 55.5 Å². The lowest BCUT2D eigenvalue weighted by Crippen LogP contribution is -2.57. The largest absolute Gasteiger partial charge is 0.371 e. The molecule has 0 unspecified atom stereocenters. The van der Waals surface area contributed by atoms with Crippen LogP contribution in [0.3, 0.4) is 0 Å². The molecule has 2 aromatic rings. The van der Waals surface area contributed by atoms with Crippen molar-refractivity contribution < 1.29 is 23.2 Å². The van der Waals surface area contributed by atoms with Crippen LogP contribution in [0.5, 0.6) is 0 Å². The number of nitrogens with one attached hydrogen (secondary N) is 1. The molecular formula is C28H35Cl2N3O5S. The second kappa shape index (κ2) is 12.1. The second-order valence-electron chi connectivity index (χ2n) is 10.8. The number of likely N-dealkylation sites (tertiary alicyclic amines) is 1. The fourth-order valence-electron chi connectivity index (χ4n) is 5.79. The summed E-state index contributed by atoms with van der Waals surface area (Å²) in [4.78, 5) is 30.1. The van der Waals surface area contributed by atoms with Gasteiger partial charge in [0.2, 0.25) is 0 Å². The molecular weight excluding hydrogens is 561 g/mol. The van der Waals surface area contributed by atoms with Crippen molar-refractivity contribution in [3.8, 4) is 0 Å². The van der Waals surface area contributed by atoms with Crippen LogP contribution in [0, 0.1) is 11.8 Å². The number of halogens is 2. The first-order valence-electron chi connectivity index (χ1n) is 13.3. The van der Waals surface area contributed by atoms with Gasteiger partial charge in [-0.1, -0.05) is 11.6 Å². The van der Waals surface area contributed by atoms with Crippen LogP contribution in [0.15, 0.2) is 53.4 Å². The lowest BCUT2D eigenvalue weighted by atomic mass is 9.88. The molecule has 5 rings (SSSR count). The predicted molar refractivity (Wildman–Crippen MR) is 153 cm³/mol.